The molecule has 2 aliphatic rings. The fourth-order valence-electron chi connectivity index (χ4n) is 5.31. The number of ether oxygens (including phenoxy) is 5. The van der Waals surface area contributed by atoms with E-state index in [9.17, 15) is 22.0 Å². The molecule has 1 aromatic heterocycles. The maximum Gasteiger partial charge on any atom is 0.387 e. The Labute approximate surface area is 294 Å². The first-order valence-electron chi connectivity index (χ1n) is 15.6. The average molecular weight is 746 g/mol. The van der Waals surface area contributed by atoms with E-state index in [1.54, 1.807) is 0 Å². The number of alkyl halides is 2. The van der Waals surface area contributed by atoms with Gasteiger partial charge in [0.2, 0.25) is 10.0 Å². The van der Waals surface area contributed by atoms with Crippen molar-refractivity contribution in [2.75, 3.05) is 63.7 Å². The van der Waals surface area contributed by atoms with E-state index in [0.717, 1.165) is 19.1 Å². The Morgan fingerprint density at radius 2 is 1.80 bits per heavy atom. The van der Waals surface area contributed by atoms with Crippen LogP contribution in [-0.2, 0) is 25.9 Å². The molecule has 0 unspecified atom stereocenters. The van der Waals surface area contributed by atoms with E-state index in [0.29, 0.717) is 56.5 Å². The number of hydrogen-bond donors (Lipinski definition) is 0. The molecule has 1 N–H and O–H groups in total. The van der Waals surface area contributed by atoms with E-state index < -0.39 is 28.7 Å². The minimum absolute atomic E-state index is 0.00103. The number of morpholine rings is 1. The second kappa shape index (κ2) is 16.5. The van der Waals surface area contributed by atoms with Crippen molar-refractivity contribution in [2.24, 2.45) is 5.92 Å². The largest absolute Gasteiger partial charge is 0.497 e. The average Bonchev–Trinajstić information content (AvgIpc) is 3.90. The molecule has 2 aromatic carbocycles. The summed E-state index contributed by atoms with van der Waals surface area (Å²) in [5, 5.41) is 0.563. The number of aromatic nitrogens is 1. The van der Waals surface area contributed by atoms with Crippen LogP contribution in [0.4, 0.5) is 14.5 Å². The molecule has 1 aliphatic carbocycles. The lowest BCUT2D eigenvalue weighted by molar-refractivity contribution is -0.377. The number of pyridine rings is 1. The zero-order valence-electron chi connectivity index (χ0n) is 27.0. The maximum atomic E-state index is 13.9. The molecule has 16 heteroatoms. The summed E-state index contributed by atoms with van der Waals surface area (Å²) in [7, 11) is -2.37. The summed E-state index contributed by atoms with van der Waals surface area (Å²) in [5.41, 5.74) is 1.09. The van der Waals surface area contributed by atoms with Gasteiger partial charge in [-0.25, -0.2) is 18.2 Å². The first kappa shape index (κ1) is 36.8. The summed E-state index contributed by atoms with van der Waals surface area (Å²) in [6.45, 7) is 0.267. The minimum atomic E-state index is -3.77. The van der Waals surface area contributed by atoms with Gasteiger partial charge in [-0.2, -0.15) is 8.78 Å². The normalized spacial score (nSPS) is 15.9. The van der Waals surface area contributed by atoms with Crippen molar-refractivity contribution < 1.29 is 50.7 Å². The number of aromatic amines is 1. The molecule has 49 heavy (non-hydrogen) atoms. The van der Waals surface area contributed by atoms with Gasteiger partial charge in [0.1, 0.15) is 21.9 Å². The van der Waals surface area contributed by atoms with Gasteiger partial charge in [-0.1, -0.05) is 29.3 Å². The second-order valence-electron chi connectivity index (χ2n) is 11.8. The molecule has 2 heterocycles. The third-order valence-corrected chi connectivity index (χ3v) is 10.0. The van der Waals surface area contributed by atoms with Crippen molar-refractivity contribution in [2.45, 2.75) is 32.0 Å². The highest BCUT2D eigenvalue weighted by atomic mass is 35.5. The summed E-state index contributed by atoms with van der Waals surface area (Å²) >= 11 is 12.9. The van der Waals surface area contributed by atoms with Gasteiger partial charge in [-0.05, 0) is 48.6 Å². The van der Waals surface area contributed by atoms with Crippen LogP contribution in [0, 0.1) is 5.92 Å². The minimum Gasteiger partial charge on any atom is -0.497 e. The smallest absolute Gasteiger partial charge is 0.387 e. The van der Waals surface area contributed by atoms with Crippen LogP contribution in [0.1, 0.15) is 40.4 Å². The van der Waals surface area contributed by atoms with Gasteiger partial charge >= 0.3 is 12.6 Å². The number of carbonyl (C=O) groups is 1. The number of nitrogens with zero attached hydrogens (tertiary/aromatic N) is 2. The molecule has 11 nitrogen and oxygen atoms in total. The molecule has 0 amide bonds. The SMILES string of the molecule is COc1cc(C(=O)O[C@@H](Cc2c(Cl)c[nH+]cc2Cl)c2ccc(OC(F)F)c(OCC3CC3)c2)cc(N(CCN2CCOCC2)S(C)(=O)=O)c1. The topological polar surface area (TPSA) is 118 Å². The third kappa shape index (κ3) is 10.3. The predicted octanol–water partition coefficient (Wildman–Crippen LogP) is 5.45. The summed E-state index contributed by atoms with van der Waals surface area (Å²) in [4.78, 5) is 18.8. The zero-order valence-corrected chi connectivity index (χ0v) is 29.3. The van der Waals surface area contributed by atoms with Gasteiger partial charge < -0.3 is 23.7 Å². The van der Waals surface area contributed by atoms with Crippen LogP contribution in [-0.4, -0.2) is 85.3 Å². The van der Waals surface area contributed by atoms with Crippen molar-refractivity contribution in [3.8, 4) is 17.2 Å². The lowest BCUT2D eigenvalue weighted by Gasteiger charge is -2.30. The number of carbonyl (C=O) groups excluding carboxylic acids is 1. The van der Waals surface area contributed by atoms with Crippen molar-refractivity contribution in [1.82, 2.24) is 4.90 Å². The Hall–Kier alpha value is -3.43. The quantitative estimate of drug-likeness (QED) is 0.177. The van der Waals surface area contributed by atoms with Crippen LogP contribution in [0.5, 0.6) is 17.2 Å². The summed E-state index contributed by atoms with van der Waals surface area (Å²) in [6.07, 6.45) is 5.04. The Morgan fingerprint density at radius 1 is 1.08 bits per heavy atom. The molecule has 0 spiro atoms. The monoisotopic (exact) mass is 744 g/mol. The van der Waals surface area contributed by atoms with Crippen molar-refractivity contribution >= 4 is 44.9 Å². The van der Waals surface area contributed by atoms with Gasteiger partial charge in [0.25, 0.3) is 0 Å². The highest BCUT2D eigenvalue weighted by molar-refractivity contribution is 7.92. The first-order valence-corrected chi connectivity index (χ1v) is 18.2. The molecule has 1 saturated carbocycles. The van der Waals surface area contributed by atoms with Crippen LogP contribution in [0.15, 0.2) is 48.8 Å². The second-order valence-corrected chi connectivity index (χ2v) is 14.5. The van der Waals surface area contributed by atoms with Gasteiger partial charge in [-0.15, -0.1) is 0 Å². The van der Waals surface area contributed by atoms with Gasteiger partial charge in [-0.3, -0.25) is 9.21 Å². The van der Waals surface area contributed by atoms with E-state index in [-0.39, 0.29) is 51.5 Å². The van der Waals surface area contributed by atoms with E-state index in [1.807, 2.05) is 0 Å². The molecular formula is C33H38Cl2F2N3O8S+. The number of benzene rings is 2. The molecule has 1 atom stereocenters. The molecule has 1 aliphatic heterocycles. The fourth-order valence-corrected chi connectivity index (χ4v) is 6.75. The van der Waals surface area contributed by atoms with E-state index in [1.165, 1.54) is 60.2 Å². The first-order chi connectivity index (χ1) is 23.4. The number of sulfonamides is 1. The van der Waals surface area contributed by atoms with Crippen molar-refractivity contribution in [3.05, 3.63) is 75.5 Å². The number of esters is 1. The van der Waals surface area contributed by atoms with Gasteiger partial charge in [0.15, 0.2) is 23.9 Å². The number of H-pyrrole nitrogens is 1. The van der Waals surface area contributed by atoms with E-state index in [4.69, 9.17) is 46.9 Å². The molecule has 2 fully saturated rings. The molecule has 266 valence electrons. The third-order valence-electron chi connectivity index (χ3n) is 8.14. The van der Waals surface area contributed by atoms with Crippen LogP contribution in [0.2, 0.25) is 10.0 Å². The van der Waals surface area contributed by atoms with Crippen LogP contribution >= 0.6 is 23.2 Å². The summed E-state index contributed by atoms with van der Waals surface area (Å²) < 4.78 is 81.1. The Balaban J connectivity index is 1.48. The van der Waals surface area contributed by atoms with Crippen molar-refractivity contribution in [1.29, 1.82) is 0 Å². The number of anilines is 1. The number of nitrogens with one attached hydrogen (secondary N) is 1. The molecule has 1 saturated heterocycles. The maximum absolute atomic E-state index is 13.9. The molecular weight excluding hydrogens is 707 g/mol. The van der Waals surface area contributed by atoms with Crippen LogP contribution < -0.4 is 23.5 Å². The molecule has 0 radical (unpaired) electrons. The molecule has 5 rings (SSSR count). The number of halogens is 4. The number of hydrogen-bond acceptors (Lipinski definition) is 9. The predicted molar refractivity (Wildman–Crippen MR) is 179 cm³/mol. The van der Waals surface area contributed by atoms with E-state index in [2.05, 4.69) is 9.88 Å². The lowest BCUT2D eigenvalue weighted by Crippen LogP contribution is -2.43. The molecule has 3 aromatic rings. The van der Waals surface area contributed by atoms with Gasteiger partial charge in [0, 0.05) is 44.2 Å². The Kier molecular flexibility index (Phi) is 12.4. The van der Waals surface area contributed by atoms with E-state index >= 15 is 0 Å². The molecule has 0 bridgehead atoms. The zero-order chi connectivity index (χ0) is 35.1. The highest BCUT2D eigenvalue weighted by Crippen LogP contribution is 2.38. The number of rotatable bonds is 16. The Bertz CT molecular complexity index is 1710. The lowest BCUT2D eigenvalue weighted by atomic mass is 10.0. The van der Waals surface area contributed by atoms with Crippen molar-refractivity contribution in [3.63, 3.8) is 0 Å². The van der Waals surface area contributed by atoms with Crippen LogP contribution in [0.3, 0.4) is 0 Å². The standard InChI is InChI=1S/C33H37Cl2F2N3O8S/c1-44-25-14-23(13-24(16-25)40(49(2,42)43)8-7-39-9-11-45-12-10-39)32(41)47-30(17-26-27(34)18-38-19-28(26)35)22-5-6-29(48-33(36)37)31(15-22)46-20-21-3-4-21/h5-6,13-16,18-19,21,30,33H,3-4,7-12,17,20H2,1-2H3/p+1/t30-/m0/s1. The Morgan fingerprint density at radius 3 is 2.43 bits per heavy atom. The fraction of sp³-hybridized carbons (Fsp3) is 0.455. The summed E-state index contributed by atoms with van der Waals surface area (Å²) in [5.74, 6) is -0.357. The highest BCUT2D eigenvalue weighted by Gasteiger charge is 2.28. The summed E-state index contributed by atoms with van der Waals surface area (Å²) in [6, 6.07) is 8.69. The van der Waals surface area contributed by atoms with Gasteiger partial charge in [0.05, 0.1) is 44.4 Å². The number of methoxy groups -OCH3 is 1. The van der Waals surface area contributed by atoms with Crippen LogP contribution in [0.25, 0.3) is 0 Å².